The smallest absolute Gasteiger partial charge is 0.220 e. The largest absolute Gasteiger partial charge is 0.396 e. The molecule has 0 aromatic rings. The SMILES string of the molecule is CCCCCCCCCCCC(=O)NC(CCO)COC. The summed E-state index contributed by atoms with van der Waals surface area (Å²) in [6.45, 7) is 2.78. The lowest BCUT2D eigenvalue weighted by Crippen LogP contribution is -2.38. The van der Waals surface area contributed by atoms with Gasteiger partial charge in [0.1, 0.15) is 0 Å². The Balaban J connectivity index is 3.43. The van der Waals surface area contributed by atoms with Gasteiger partial charge in [-0.25, -0.2) is 0 Å². The van der Waals surface area contributed by atoms with E-state index in [0.717, 1.165) is 12.8 Å². The number of ether oxygens (including phenoxy) is 1. The zero-order chi connectivity index (χ0) is 15.8. The molecule has 1 unspecified atom stereocenters. The summed E-state index contributed by atoms with van der Waals surface area (Å²) >= 11 is 0. The molecule has 0 saturated carbocycles. The van der Waals surface area contributed by atoms with Crippen molar-refractivity contribution in [3.63, 3.8) is 0 Å². The van der Waals surface area contributed by atoms with Crippen LogP contribution in [0.5, 0.6) is 0 Å². The molecule has 0 aromatic carbocycles. The van der Waals surface area contributed by atoms with Crippen molar-refractivity contribution in [1.82, 2.24) is 5.32 Å². The molecule has 1 atom stereocenters. The average molecular weight is 301 g/mol. The van der Waals surface area contributed by atoms with E-state index in [1.165, 1.54) is 44.9 Å². The molecule has 2 N–H and O–H groups in total. The second-order valence-corrected chi connectivity index (χ2v) is 5.81. The summed E-state index contributed by atoms with van der Waals surface area (Å²) in [5, 5.41) is 11.8. The molecule has 4 nitrogen and oxygen atoms in total. The van der Waals surface area contributed by atoms with Crippen LogP contribution in [-0.4, -0.2) is 37.4 Å². The molecule has 0 rings (SSSR count). The van der Waals surface area contributed by atoms with Gasteiger partial charge >= 0.3 is 0 Å². The Morgan fingerprint density at radius 2 is 1.62 bits per heavy atom. The summed E-state index contributed by atoms with van der Waals surface area (Å²) < 4.78 is 5.03. The van der Waals surface area contributed by atoms with Crippen molar-refractivity contribution in [2.45, 2.75) is 83.6 Å². The number of carbonyl (C=O) groups excluding carboxylic acids is 1. The minimum absolute atomic E-state index is 0.0638. The molecule has 0 aromatic heterocycles. The average Bonchev–Trinajstić information content (AvgIpc) is 2.46. The van der Waals surface area contributed by atoms with E-state index in [1.54, 1.807) is 7.11 Å². The van der Waals surface area contributed by atoms with Gasteiger partial charge in [0.05, 0.1) is 12.6 Å². The topological polar surface area (TPSA) is 58.6 Å². The molecule has 0 aliphatic carbocycles. The fraction of sp³-hybridized carbons (Fsp3) is 0.941. The molecule has 0 fully saturated rings. The van der Waals surface area contributed by atoms with Crippen LogP contribution in [0, 0.1) is 0 Å². The van der Waals surface area contributed by atoms with E-state index < -0.39 is 0 Å². The van der Waals surface area contributed by atoms with Gasteiger partial charge in [0.2, 0.25) is 5.91 Å². The summed E-state index contributed by atoms with van der Waals surface area (Å²) in [5.41, 5.74) is 0. The first kappa shape index (κ1) is 20.4. The van der Waals surface area contributed by atoms with E-state index in [-0.39, 0.29) is 18.6 Å². The highest BCUT2D eigenvalue weighted by Gasteiger charge is 2.11. The monoisotopic (exact) mass is 301 g/mol. The Labute approximate surface area is 130 Å². The number of carbonyl (C=O) groups is 1. The van der Waals surface area contributed by atoms with Crippen LogP contribution in [0.2, 0.25) is 0 Å². The van der Waals surface area contributed by atoms with Crippen molar-refractivity contribution < 1.29 is 14.6 Å². The minimum Gasteiger partial charge on any atom is -0.396 e. The van der Waals surface area contributed by atoms with E-state index >= 15 is 0 Å². The molecular weight excluding hydrogens is 266 g/mol. The van der Waals surface area contributed by atoms with Crippen LogP contribution >= 0.6 is 0 Å². The first-order valence-electron chi connectivity index (χ1n) is 8.63. The molecular formula is C17H35NO3. The van der Waals surface area contributed by atoms with Crippen molar-refractivity contribution >= 4 is 5.91 Å². The highest BCUT2D eigenvalue weighted by Crippen LogP contribution is 2.10. The van der Waals surface area contributed by atoms with E-state index in [9.17, 15) is 4.79 Å². The quantitative estimate of drug-likeness (QED) is 0.456. The zero-order valence-electron chi connectivity index (χ0n) is 14.0. The van der Waals surface area contributed by atoms with E-state index in [1.807, 2.05) is 0 Å². The molecule has 21 heavy (non-hydrogen) atoms. The first-order chi connectivity index (χ1) is 10.2. The van der Waals surface area contributed by atoms with E-state index in [0.29, 0.717) is 19.4 Å². The molecule has 126 valence electrons. The number of unbranched alkanes of at least 4 members (excludes halogenated alkanes) is 8. The summed E-state index contributed by atoms with van der Waals surface area (Å²) in [6.07, 6.45) is 12.5. The Bertz CT molecular complexity index is 228. The number of hydrogen-bond acceptors (Lipinski definition) is 3. The van der Waals surface area contributed by atoms with Gasteiger partial charge in [-0.2, -0.15) is 0 Å². The van der Waals surface area contributed by atoms with Gasteiger partial charge < -0.3 is 15.2 Å². The van der Waals surface area contributed by atoms with Crippen LogP contribution in [0.15, 0.2) is 0 Å². The van der Waals surface area contributed by atoms with E-state index in [4.69, 9.17) is 9.84 Å². The number of nitrogens with one attached hydrogen (secondary N) is 1. The highest BCUT2D eigenvalue weighted by atomic mass is 16.5. The Morgan fingerprint density at radius 1 is 1.05 bits per heavy atom. The summed E-state index contributed by atoms with van der Waals surface area (Å²) in [6, 6.07) is -0.0638. The Kier molecular flexibility index (Phi) is 15.3. The predicted octanol–water partition coefficient (Wildman–Crippen LogP) is 3.42. The molecule has 1 amide bonds. The maximum absolute atomic E-state index is 11.8. The fourth-order valence-corrected chi connectivity index (χ4v) is 2.45. The van der Waals surface area contributed by atoms with Crippen LogP contribution in [-0.2, 0) is 9.53 Å². The number of aliphatic hydroxyl groups is 1. The summed E-state index contributed by atoms with van der Waals surface area (Å²) in [4.78, 5) is 11.8. The van der Waals surface area contributed by atoms with Gasteiger partial charge in [-0.1, -0.05) is 58.3 Å². The Morgan fingerprint density at radius 3 is 2.14 bits per heavy atom. The van der Waals surface area contributed by atoms with Crippen LogP contribution in [0.4, 0.5) is 0 Å². The van der Waals surface area contributed by atoms with Crippen molar-refractivity contribution in [3.8, 4) is 0 Å². The van der Waals surface area contributed by atoms with Gasteiger partial charge in [-0.15, -0.1) is 0 Å². The standard InChI is InChI=1S/C17H35NO3/c1-3-4-5-6-7-8-9-10-11-12-17(20)18-16(13-14-19)15-21-2/h16,19H,3-15H2,1-2H3,(H,18,20). The van der Waals surface area contributed by atoms with Crippen molar-refractivity contribution in [2.75, 3.05) is 20.3 Å². The van der Waals surface area contributed by atoms with Gasteiger partial charge in [-0.05, 0) is 12.8 Å². The van der Waals surface area contributed by atoms with Crippen LogP contribution in [0.3, 0.4) is 0 Å². The second-order valence-electron chi connectivity index (χ2n) is 5.81. The van der Waals surface area contributed by atoms with Gasteiger partial charge in [0, 0.05) is 20.1 Å². The maximum Gasteiger partial charge on any atom is 0.220 e. The van der Waals surface area contributed by atoms with Gasteiger partial charge in [0.25, 0.3) is 0 Å². The third-order valence-corrected chi connectivity index (χ3v) is 3.72. The second kappa shape index (κ2) is 15.8. The van der Waals surface area contributed by atoms with Crippen molar-refractivity contribution in [2.24, 2.45) is 0 Å². The number of hydrogen-bond donors (Lipinski definition) is 2. The lowest BCUT2D eigenvalue weighted by molar-refractivity contribution is -0.122. The number of rotatable bonds is 15. The number of methoxy groups -OCH3 is 1. The van der Waals surface area contributed by atoms with Crippen LogP contribution in [0.1, 0.15) is 77.6 Å². The molecule has 0 radical (unpaired) electrons. The Hall–Kier alpha value is -0.610. The molecule has 0 bridgehead atoms. The number of amides is 1. The van der Waals surface area contributed by atoms with Crippen LogP contribution in [0.25, 0.3) is 0 Å². The maximum atomic E-state index is 11.8. The molecule has 0 aliphatic heterocycles. The van der Waals surface area contributed by atoms with Gasteiger partial charge in [-0.3, -0.25) is 4.79 Å². The third kappa shape index (κ3) is 14.1. The lowest BCUT2D eigenvalue weighted by Gasteiger charge is -2.16. The van der Waals surface area contributed by atoms with Crippen LogP contribution < -0.4 is 5.32 Å². The van der Waals surface area contributed by atoms with E-state index in [2.05, 4.69) is 12.2 Å². The molecule has 0 spiro atoms. The minimum atomic E-state index is -0.0638. The number of aliphatic hydroxyl groups excluding tert-OH is 1. The predicted molar refractivity (Wildman–Crippen MR) is 87.4 cm³/mol. The van der Waals surface area contributed by atoms with Crippen molar-refractivity contribution in [1.29, 1.82) is 0 Å². The molecule has 4 heteroatoms. The van der Waals surface area contributed by atoms with Crippen molar-refractivity contribution in [3.05, 3.63) is 0 Å². The normalized spacial score (nSPS) is 12.3. The van der Waals surface area contributed by atoms with Gasteiger partial charge in [0.15, 0.2) is 0 Å². The summed E-state index contributed by atoms with van der Waals surface area (Å²) in [5.74, 6) is 0.0773. The zero-order valence-corrected chi connectivity index (χ0v) is 14.0. The lowest BCUT2D eigenvalue weighted by atomic mass is 10.1. The molecule has 0 saturated heterocycles. The fourth-order valence-electron chi connectivity index (χ4n) is 2.45. The summed E-state index contributed by atoms with van der Waals surface area (Å²) in [7, 11) is 1.61. The third-order valence-electron chi connectivity index (χ3n) is 3.72. The first-order valence-corrected chi connectivity index (χ1v) is 8.63. The molecule has 0 aliphatic rings. The highest BCUT2D eigenvalue weighted by molar-refractivity contribution is 5.76. The molecule has 0 heterocycles.